The number of aromatic nitrogens is 3. The molecule has 0 aliphatic heterocycles. The molecular formula is C20H17ClN4OS. The minimum absolute atomic E-state index is 0.0577. The molecule has 0 bridgehead atoms. The largest absolute Gasteiger partial charge is 0.334 e. The Morgan fingerprint density at radius 1 is 1.26 bits per heavy atom. The van der Waals surface area contributed by atoms with Crippen LogP contribution in [0.25, 0.3) is 16.2 Å². The summed E-state index contributed by atoms with van der Waals surface area (Å²) >= 11 is 7.41. The molecule has 7 heteroatoms. The highest BCUT2D eigenvalue weighted by Crippen LogP contribution is 2.27. The third kappa shape index (κ3) is 3.34. The second-order valence-corrected chi connectivity index (χ2v) is 7.56. The molecule has 0 radical (unpaired) electrons. The third-order valence-corrected chi connectivity index (χ3v) is 5.73. The second-order valence-electron chi connectivity index (χ2n) is 6.28. The highest BCUT2D eigenvalue weighted by Gasteiger charge is 2.23. The lowest BCUT2D eigenvalue weighted by molar-refractivity contribution is 0.0736. The Bertz CT molecular complexity index is 1090. The Morgan fingerprint density at radius 2 is 2.04 bits per heavy atom. The van der Waals surface area contributed by atoms with E-state index < -0.39 is 0 Å². The van der Waals surface area contributed by atoms with Gasteiger partial charge in [-0.15, -0.1) is 11.3 Å². The van der Waals surface area contributed by atoms with E-state index in [1.165, 1.54) is 11.3 Å². The second kappa shape index (κ2) is 7.13. The molecule has 0 unspecified atom stereocenters. The van der Waals surface area contributed by atoms with Gasteiger partial charge in [0, 0.05) is 41.6 Å². The van der Waals surface area contributed by atoms with E-state index in [0.29, 0.717) is 10.7 Å². The van der Waals surface area contributed by atoms with E-state index in [1.54, 1.807) is 24.3 Å². The van der Waals surface area contributed by atoms with E-state index in [-0.39, 0.29) is 11.9 Å². The smallest absolute Gasteiger partial charge is 0.271 e. The first-order chi connectivity index (χ1) is 13.0. The van der Waals surface area contributed by atoms with Crippen molar-refractivity contribution in [2.24, 2.45) is 0 Å². The first-order valence-electron chi connectivity index (χ1n) is 8.44. The quantitative estimate of drug-likeness (QED) is 0.490. The van der Waals surface area contributed by atoms with Crippen LogP contribution >= 0.6 is 22.9 Å². The van der Waals surface area contributed by atoms with Crippen molar-refractivity contribution in [3.05, 3.63) is 76.6 Å². The van der Waals surface area contributed by atoms with Gasteiger partial charge in [0.05, 0.1) is 11.7 Å². The number of carbonyl (C=O) groups is 1. The Labute approximate surface area is 165 Å². The maximum absolute atomic E-state index is 13.1. The predicted octanol–water partition coefficient (Wildman–Crippen LogP) is 4.94. The summed E-state index contributed by atoms with van der Waals surface area (Å²) in [6.07, 6.45) is 5.41. The molecule has 0 spiro atoms. The van der Waals surface area contributed by atoms with E-state index in [2.05, 4.69) is 9.97 Å². The van der Waals surface area contributed by atoms with Crippen LogP contribution in [0.4, 0.5) is 0 Å². The monoisotopic (exact) mass is 396 g/mol. The van der Waals surface area contributed by atoms with Gasteiger partial charge in [-0.1, -0.05) is 29.8 Å². The molecule has 0 saturated heterocycles. The minimum atomic E-state index is -0.0830. The number of rotatable bonds is 4. The molecule has 3 aromatic heterocycles. The maximum Gasteiger partial charge on any atom is 0.271 e. The zero-order valence-corrected chi connectivity index (χ0v) is 16.4. The number of imidazole rings is 1. The summed E-state index contributed by atoms with van der Waals surface area (Å²) in [5.74, 6) is -0.0577. The number of halogens is 1. The maximum atomic E-state index is 13.1. The van der Waals surface area contributed by atoms with Gasteiger partial charge in [-0.3, -0.25) is 14.2 Å². The summed E-state index contributed by atoms with van der Waals surface area (Å²) in [7, 11) is 1.81. The van der Waals surface area contributed by atoms with Crippen LogP contribution in [0.2, 0.25) is 5.02 Å². The molecule has 0 N–H and O–H groups in total. The van der Waals surface area contributed by atoms with Gasteiger partial charge in [0.2, 0.25) is 0 Å². The molecule has 1 atom stereocenters. The predicted molar refractivity (Wildman–Crippen MR) is 108 cm³/mol. The average Bonchev–Trinajstić information content (AvgIpc) is 3.28. The molecule has 0 saturated carbocycles. The highest BCUT2D eigenvalue weighted by atomic mass is 35.5. The van der Waals surface area contributed by atoms with Crippen molar-refractivity contribution in [3.8, 4) is 11.3 Å². The van der Waals surface area contributed by atoms with Crippen LogP contribution in [0, 0.1) is 0 Å². The van der Waals surface area contributed by atoms with Gasteiger partial charge in [0.15, 0.2) is 4.96 Å². The van der Waals surface area contributed by atoms with Crippen molar-refractivity contribution in [3.63, 3.8) is 0 Å². The van der Waals surface area contributed by atoms with Crippen molar-refractivity contribution < 1.29 is 4.79 Å². The number of nitrogens with zero attached hydrogens (tertiary/aromatic N) is 4. The molecule has 0 fully saturated rings. The summed E-state index contributed by atoms with van der Waals surface area (Å²) in [4.78, 5) is 24.4. The van der Waals surface area contributed by atoms with Crippen molar-refractivity contribution in [1.29, 1.82) is 0 Å². The molecule has 136 valence electrons. The van der Waals surface area contributed by atoms with Crippen LogP contribution in [0.1, 0.15) is 29.0 Å². The van der Waals surface area contributed by atoms with Crippen molar-refractivity contribution >= 4 is 33.8 Å². The summed E-state index contributed by atoms with van der Waals surface area (Å²) in [6.45, 7) is 1.99. The lowest BCUT2D eigenvalue weighted by Gasteiger charge is -2.24. The number of thiazole rings is 1. The molecule has 5 nitrogen and oxygen atoms in total. The van der Waals surface area contributed by atoms with Crippen molar-refractivity contribution in [2.45, 2.75) is 13.0 Å². The fourth-order valence-corrected chi connectivity index (χ4v) is 3.87. The topological polar surface area (TPSA) is 50.5 Å². The van der Waals surface area contributed by atoms with Crippen molar-refractivity contribution in [1.82, 2.24) is 19.3 Å². The summed E-state index contributed by atoms with van der Waals surface area (Å²) in [6, 6.07) is 11.3. The van der Waals surface area contributed by atoms with Crippen LogP contribution in [0.15, 0.2) is 60.4 Å². The molecular weight excluding hydrogens is 380 g/mol. The van der Waals surface area contributed by atoms with Gasteiger partial charge >= 0.3 is 0 Å². The van der Waals surface area contributed by atoms with E-state index in [0.717, 1.165) is 21.8 Å². The fourth-order valence-electron chi connectivity index (χ4n) is 2.90. The standard InChI is InChI=1S/C20H17ClN4OS/c1-13(15-4-3-9-22-10-15)24(2)19(26)18-12-27-20-23-17(11-25(18)20)14-5-7-16(21)8-6-14/h3-13H,1-2H3/t13-/m1/s1. The van der Waals surface area contributed by atoms with E-state index in [4.69, 9.17) is 11.6 Å². The van der Waals surface area contributed by atoms with Crippen molar-refractivity contribution in [2.75, 3.05) is 7.05 Å². The van der Waals surface area contributed by atoms with E-state index in [9.17, 15) is 4.79 Å². The average molecular weight is 397 g/mol. The van der Waals surface area contributed by atoms with Gasteiger partial charge in [-0.05, 0) is 30.7 Å². The van der Waals surface area contributed by atoms with Gasteiger partial charge in [-0.25, -0.2) is 4.98 Å². The Kier molecular flexibility index (Phi) is 4.68. The lowest BCUT2D eigenvalue weighted by Crippen LogP contribution is -2.30. The summed E-state index contributed by atoms with van der Waals surface area (Å²) < 4.78 is 1.85. The molecule has 0 aliphatic carbocycles. The summed E-state index contributed by atoms with van der Waals surface area (Å²) in [5, 5.41) is 2.53. The molecule has 1 amide bonds. The Morgan fingerprint density at radius 3 is 2.74 bits per heavy atom. The van der Waals surface area contributed by atoms with Gasteiger partial charge in [-0.2, -0.15) is 0 Å². The van der Waals surface area contributed by atoms with Gasteiger partial charge < -0.3 is 4.90 Å². The molecule has 4 aromatic rings. The SMILES string of the molecule is C[C@H](c1cccnc1)N(C)C(=O)c1csc2nc(-c3ccc(Cl)cc3)cn12. The lowest BCUT2D eigenvalue weighted by atomic mass is 10.1. The van der Waals surface area contributed by atoms with Crippen LogP contribution in [0.5, 0.6) is 0 Å². The number of pyridine rings is 1. The van der Waals surface area contributed by atoms with Crippen LogP contribution in [-0.2, 0) is 0 Å². The van der Waals surface area contributed by atoms with Gasteiger partial charge in [0.1, 0.15) is 5.69 Å². The normalized spacial score (nSPS) is 12.3. The molecule has 0 aliphatic rings. The number of hydrogen-bond donors (Lipinski definition) is 0. The molecule has 27 heavy (non-hydrogen) atoms. The zero-order chi connectivity index (χ0) is 19.0. The fraction of sp³-hybridized carbons (Fsp3) is 0.150. The van der Waals surface area contributed by atoms with E-state index >= 15 is 0 Å². The number of fused-ring (bicyclic) bond motifs is 1. The molecule has 1 aromatic carbocycles. The van der Waals surface area contributed by atoms with Gasteiger partial charge in [0.25, 0.3) is 5.91 Å². The van der Waals surface area contributed by atoms with Crippen LogP contribution < -0.4 is 0 Å². The van der Waals surface area contributed by atoms with E-state index in [1.807, 2.05) is 59.3 Å². The number of hydrogen-bond acceptors (Lipinski definition) is 4. The van der Waals surface area contributed by atoms with Crippen LogP contribution in [-0.4, -0.2) is 32.2 Å². The Balaban J connectivity index is 1.65. The first kappa shape index (κ1) is 17.7. The van der Waals surface area contributed by atoms with Crippen LogP contribution in [0.3, 0.4) is 0 Å². The number of benzene rings is 1. The molecule has 4 rings (SSSR count). The Hall–Kier alpha value is -2.70. The number of amides is 1. The zero-order valence-electron chi connectivity index (χ0n) is 14.8. The summed E-state index contributed by atoms with van der Waals surface area (Å²) in [5.41, 5.74) is 3.37. The third-order valence-electron chi connectivity index (χ3n) is 4.64. The minimum Gasteiger partial charge on any atom is -0.334 e. The highest BCUT2D eigenvalue weighted by molar-refractivity contribution is 7.15. The molecule has 3 heterocycles. The number of carbonyl (C=O) groups excluding carboxylic acids is 1. The first-order valence-corrected chi connectivity index (χ1v) is 9.70.